The normalized spacial score (nSPS) is 15.6. The quantitative estimate of drug-likeness (QED) is 0.541. The van der Waals surface area contributed by atoms with E-state index in [-0.39, 0.29) is 5.56 Å². The largest absolute Gasteiger partial charge is 0.444 e. The number of amides is 1. The molecule has 2 heterocycles. The van der Waals surface area contributed by atoms with Crippen LogP contribution in [0, 0.1) is 4.77 Å². The summed E-state index contributed by atoms with van der Waals surface area (Å²) >= 11 is 5.40. The van der Waals surface area contributed by atoms with Crippen LogP contribution in [0.25, 0.3) is 11.0 Å². The summed E-state index contributed by atoms with van der Waals surface area (Å²) < 4.78 is 7.75. The third-order valence-electron chi connectivity index (χ3n) is 5.48. The van der Waals surface area contributed by atoms with Gasteiger partial charge in [-0.1, -0.05) is 24.3 Å². The Hall–Kier alpha value is -2.87. The monoisotopic (exact) mass is 426 g/mol. The van der Waals surface area contributed by atoms with Crippen LogP contribution >= 0.6 is 12.2 Å². The molecule has 7 nitrogen and oxygen atoms in total. The molecule has 0 aliphatic heterocycles. The van der Waals surface area contributed by atoms with E-state index < -0.39 is 17.2 Å². The summed E-state index contributed by atoms with van der Waals surface area (Å²) in [6.07, 6.45) is 4.13. The summed E-state index contributed by atoms with van der Waals surface area (Å²) in [5.41, 5.74) is 2.18. The van der Waals surface area contributed by atoms with Crippen LogP contribution in [0.1, 0.15) is 51.2 Å². The summed E-state index contributed by atoms with van der Waals surface area (Å²) in [5, 5.41) is 3.10. The number of hydrogen-bond donors (Lipinski definition) is 3. The lowest BCUT2D eigenvalue weighted by molar-refractivity contribution is 0.0377. The smallest absolute Gasteiger partial charge is 0.408 e. The van der Waals surface area contributed by atoms with Crippen molar-refractivity contribution in [1.29, 1.82) is 0 Å². The fraction of sp³-hybridized carbons (Fsp3) is 0.409. The highest BCUT2D eigenvalue weighted by Crippen LogP contribution is 2.41. The highest BCUT2D eigenvalue weighted by Gasteiger charge is 2.41. The van der Waals surface area contributed by atoms with Crippen molar-refractivity contribution in [2.24, 2.45) is 0 Å². The van der Waals surface area contributed by atoms with Gasteiger partial charge < -0.3 is 19.6 Å². The van der Waals surface area contributed by atoms with E-state index in [0.29, 0.717) is 16.8 Å². The Bertz CT molecular complexity index is 1210. The van der Waals surface area contributed by atoms with Gasteiger partial charge in [0.05, 0.1) is 17.6 Å². The maximum Gasteiger partial charge on any atom is 0.408 e. The van der Waals surface area contributed by atoms with Crippen LogP contribution in [0.3, 0.4) is 0 Å². The number of carbonyl (C=O) groups is 1. The molecule has 0 unspecified atom stereocenters. The second kappa shape index (κ2) is 7.43. The summed E-state index contributed by atoms with van der Waals surface area (Å²) in [7, 11) is 0. The van der Waals surface area contributed by atoms with Crippen LogP contribution < -0.4 is 10.9 Å². The van der Waals surface area contributed by atoms with E-state index >= 15 is 0 Å². The van der Waals surface area contributed by atoms with E-state index in [1.54, 1.807) is 6.20 Å². The summed E-state index contributed by atoms with van der Waals surface area (Å²) in [4.78, 5) is 30.2. The minimum Gasteiger partial charge on any atom is -0.444 e. The minimum absolute atomic E-state index is 0.222. The van der Waals surface area contributed by atoms with E-state index in [2.05, 4.69) is 21.4 Å². The number of aromatic amines is 2. The van der Waals surface area contributed by atoms with Gasteiger partial charge in [0.1, 0.15) is 11.1 Å². The number of carbonyl (C=O) groups excluding carboxylic acids is 1. The van der Waals surface area contributed by atoms with Gasteiger partial charge in [-0.2, -0.15) is 0 Å². The Kier molecular flexibility index (Phi) is 5.05. The number of aromatic nitrogens is 3. The fourth-order valence-electron chi connectivity index (χ4n) is 3.93. The van der Waals surface area contributed by atoms with Gasteiger partial charge in [-0.15, -0.1) is 0 Å². The standard InChI is InChI=1S/C22H26N4O3S/c1-21(2,3)29-20(28)25-22(9-5-10-22)15-7-4-6-14(12-15)13-26-16-8-11-23-17(16)18(27)24-19(26)30/h4,6-8,11-12,23H,5,9-10,13H2,1-3H3,(H,25,28)(H,24,27,30). The summed E-state index contributed by atoms with van der Waals surface area (Å²) in [5.74, 6) is 0. The van der Waals surface area contributed by atoms with Crippen LogP contribution in [0.15, 0.2) is 41.3 Å². The van der Waals surface area contributed by atoms with Crippen LogP contribution in [0.5, 0.6) is 0 Å². The van der Waals surface area contributed by atoms with Gasteiger partial charge in [-0.05, 0) is 69.4 Å². The maximum absolute atomic E-state index is 12.4. The summed E-state index contributed by atoms with van der Waals surface area (Å²) in [6, 6.07) is 10.0. The zero-order chi connectivity index (χ0) is 21.5. The molecule has 1 amide bonds. The fourth-order valence-corrected chi connectivity index (χ4v) is 4.18. The lowest BCUT2D eigenvalue weighted by Gasteiger charge is -2.43. The molecule has 0 bridgehead atoms. The highest BCUT2D eigenvalue weighted by molar-refractivity contribution is 7.71. The van der Waals surface area contributed by atoms with E-state index in [9.17, 15) is 9.59 Å². The molecule has 0 atom stereocenters. The molecule has 0 saturated heterocycles. The van der Waals surface area contributed by atoms with Crippen molar-refractivity contribution in [3.05, 3.63) is 62.8 Å². The lowest BCUT2D eigenvalue weighted by atomic mass is 9.71. The average molecular weight is 427 g/mol. The minimum atomic E-state index is -0.542. The van der Waals surface area contributed by atoms with Crippen LogP contribution in [0.4, 0.5) is 4.79 Å². The topological polar surface area (TPSA) is 91.9 Å². The van der Waals surface area contributed by atoms with Gasteiger partial charge in [0.15, 0.2) is 4.77 Å². The molecule has 0 radical (unpaired) electrons. The summed E-state index contributed by atoms with van der Waals surface area (Å²) in [6.45, 7) is 6.09. The Morgan fingerprint density at radius 2 is 2.07 bits per heavy atom. The highest BCUT2D eigenvalue weighted by atomic mass is 32.1. The van der Waals surface area contributed by atoms with E-state index in [4.69, 9.17) is 17.0 Å². The van der Waals surface area contributed by atoms with Gasteiger partial charge in [0.2, 0.25) is 0 Å². The number of rotatable bonds is 4. The second-order valence-corrected chi connectivity index (χ2v) is 9.23. The molecule has 1 fully saturated rings. The van der Waals surface area contributed by atoms with Crippen molar-refractivity contribution in [1.82, 2.24) is 19.9 Å². The van der Waals surface area contributed by atoms with Gasteiger partial charge in [0.25, 0.3) is 5.56 Å². The molecular formula is C22H26N4O3S. The van der Waals surface area contributed by atoms with Crippen LogP contribution in [0.2, 0.25) is 0 Å². The molecule has 0 spiro atoms. The van der Waals surface area contributed by atoms with E-state index in [0.717, 1.165) is 35.9 Å². The van der Waals surface area contributed by atoms with Crippen molar-refractivity contribution in [2.45, 2.75) is 57.7 Å². The van der Waals surface area contributed by atoms with Crippen molar-refractivity contribution < 1.29 is 9.53 Å². The molecule has 30 heavy (non-hydrogen) atoms. The zero-order valence-electron chi connectivity index (χ0n) is 17.4. The average Bonchev–Trinajstić information content (AvgIpc) is 3.11. The van der Waals surface area contributed by atoms with Crippen molar-refractivity contribution >= 4 is 29.3 Å². The molecule has 1 aromatic carbocycles. The molecule has 2 aromatic heterocycles. The van der Waals surface area contributed by atoms with Crippen molar-refractivity contribution in [3.63, 3.8) is 0 Å². The molecule has 1 saturated carbocycles. The first-order chi connectivity index (χ1) is 14.2. The SMILES string of the molecule is CC(C)(C)OC(=O)NC1(c2cccc(Cn3c(=S)[nH]c(=O)c4[nH]ccc43)c2)CCC1. The molecule has 3 aromatic rings. The van der Waals surface area contributed by atoms with Gasteiger partial charge in [0, 0.05) is 6.20 Å². The number of H-pyrrole nitrogens is 2. The second-order valence-electron chi connectivity index (χ2n) is 8.85. The maximum atomic E-state index is 12.4. The molecule has 8 heteroatoms. The number of benzene rings is 1. The first-order valence-corrected chi connectivity index (χ1v) is 10.5. The van der Waals surface area contributed by atoms with E-state index in [1.807, 2.05) is 49.6 Å². The predicted octanol–water partition coefficient (Wildman–Crippen LogP) is 4.34. The van der Waals surface area contributed by atoms with Gasteiger partial charge in [-0.3, -0.25) is 9.78 Å². The molecule has 1 aliphatic rings. The number of alkyl carbamates (subject to hydrolysis) is 1. The number of hydrogen-bond acceptors (Lipinski definition) is 4. The first-order valence-electron chi connectivity index (χ1n) is 10.1. The van der Waals surface area contributed by atoms with Crippen LogP contribution in [-0.2, 0) is 16.8 Å². The Morgan fingerprint density at radius 3 is 2.73 bits per heavy atom. The number of fused-ring (bicyclic) bond motifs is 1. The van der Waals surface area contributed by atoms with Crippen molar-refractivity contribution in [3.8, 4) is 0 Å². The van der Waals surface area contributed by atoms with Crippen LogP contribution in [-0.4, -0.2) is 26.2 Å². The number of ether oxygens (including phenoxy) is 1. The van der Waals surface area contributed by atoms with Gasteiger partial charge in [-0.25, -0.2) is 4.79 Å². The third-order valence-corrected chi connectivity index (χ3v) is 5.80. The Morgan fingerprint density at radius 1 is 1.30 bits per heavy atom. The van der Waals surface area contributed by atoms with Crippen molar-refractivity contribution in [2.75, 3.05) is 0 Å². The van der Waals surface area contributed by atoms with Gasteiger partial charge >= 0.3 is 6.09 Å². The Balaban J connectivity index is 1.63. The molecular weight excluding hydrogens is 400 g/mol. The zero-order valence-corrected chi connectivity index (χ0v) is 18.2. The number of nitrogens with one attached hydrogen (secondary N) is 3. The van der Waals surface area contributed by atoms with E-state index in [1.165, 1.54) is 0 Å². The lowest BCUT2D eigenvalue weighted by Crippen LogP contribution is -2.52. The molecule has 4 rings (SSSR count). The molecule has 3 N–H and O–H groups in total. The Labute approximate surface area is 179 Å². The first kappa shape index (κ1) is 20.4. The predicted molar refractivity (Wildman–Crippen MR) is 118 cm³/mol. The molecule has 1 aliphatic carbocycles. The molecule has 158 valence electrons. The third kappa shape index (κ3) is 3.92. The number of nitrogens with zero attached hydrogens (tertiary/aromatic N) is 1.